The van der Waals surface area contributed by atoms with Crippen LogP contribution in [0.1, 0.15) is 25.8 Å². The van der Waals surface area contributed by atoms with Crippen LogP contribution in [0, 0.1) is 0 Å². The Labute approximate surface area is 110 Å². The second-order valence-corrected chi connectivity index (χ2v) is 5.19. The maximum absolute atomic E-state index is 5.21. The van der Waals surface area contributed by atoms with E-state index in [-0.39, 0.29) is 0 Å². The molecule has 100 valence electrons. The largest absolute Gasteiger partial charge is 0.385 e. The molecular weight excluding hydrogens is 224 g/mol. The van der Waals surface area contributed by atoms with Crippen molar-refractivity contribution in [3.63, 3.8) is 0 Å². The van der Waals surface area contributed by atoms with Crippen LogP contribution >= 0.6 is 0 Å². The van der Waals surface area contributed by atoms with Crippen LogP contribution in [-0.4, -0.2) is 32.3 Å². The van der Waals surface area contributed by atoms with Crippen LogP contribution in [0.2, 0.25) is 0 Å². The molecule has 18 heavy (non-hydrogen) atoms. The van der Waals surface area contributed by atoms with Gasteiger partial charge in [-0.2, -0.15) is 0 Å². The highest BCUT2D eigenvalue weighted by Crippen LogP contribution is 2.26. The molecule has 0 spiro atoms. The molecule has 3 nitrogen and oxygen atoms in total. The first-order valence-corrected chi connectivity index (χ1v) is 6.79. The lowest BCUT2D eigenvalue weighted by molar-refractivity contribution is 0.188. The fourth-order valence-corrected chi connectivity index (χ4v) is 2.54. The maximum atomic E-state index is 5.21. The number of nitrogens with zero attached hydrogens (tertiary/aromatic N) is 1. The molecule has 1 aromatic rings. The molecule has 0 radical (unpaired) electrons. The Morgan fingerprint density at radius 2 is 2.22 bits per heavy atom. The van der Waals surface area contributed by atoms with Gasteiger partial charge in [0.25, 0.3) is 0 Å². The van der Waals surface area contributed by atoms with Gasteiger partial charge in [0.2, 0.25) is 0 Å². The number of para-hydroxylation sites is 1. The number of ether oxygens (including phenoxy) is 1. The summed E-state index contributed by atoms with van der Waals surface area (Å²) in [6.45, 7) is 7.38. The molecule has 1 heterocycles. The van der Waals surface area contributed by atoms with Crippen molar-refractivity contribution in [2.24, 2.45) is 0 Å². The number of hydrogen-bond acceptors (Lipinski definition) is 3. The maximum Gasteiger partial charge on any atom is 0.0481 e. The van der Waals surface area contributed by atoms with E-state index in [2.05, 4.69) is 48.3 Å². The van der Waals surface area contributed by atoms with Gasteiger partial charge in [0, 0.05) is 44.6 Å². The highest BCUT2D eigenvalue weighted by molar-refractivity contribution is 5.55. The molecule has 0 bridgehead atoms. The normalized spacial score (nSPS) is 21.3. The van der Waals surface area contributed by atoms with Gasteiger partial charge in [0.1, 0.15) is 0 Å². The quantitative estimate of drug-likeness (QED) is 0.885. The van der Waals surface area contributed by atoms with E-state index < -0.39 is 0 Å². The predicted molar refractivity (Wildman–Crippen MR) is 76.0 cm³/mol. The van der Waals surface area contributed by atoms with Crippen molar-refractivity contribution in [2.45, 2.75) is 38.9 Å². The third-order valence-corrected chi connectivity index (χ3v) is 3.68. The van der Waals surface area contributed by atoms with E-state index in [4.69, 9.17) is 4.74 Å². The van der Waals surface area contributed by atoms with Gasteiger partial charge in [-0.25, -0.2) is 0 Å². The third-order valence-electron chi connectivity index (χ3n) is 3.68. The Bertz CT molecular complexity index is 381. The molecule has 1 aromatic carbocycles. The number of methoxy groups -OCH3 is 1. The van der Waals surface area contributed by atoms with E-state index >= 15 is 0 Å². The summed E-state index contributed by atoms with van der Waals surface area (Å²) in [4.78, 5) is 2.51. The lowest BCUT2D eigenvalue weighted by Crippen LogP contribution is -2.41. The minimum absolute atomic E-state index is 0.508. The van der Waals surface area contributed by atoms with Crippen LogP contribution in [0.15, 0.2) is 24.3 Å². The highest BCUT2D eigenvalue weighted by Gasteiger charge is 2.22. The summed E-state index contributed by atoms with van der Waals surface area (Å²) < 4.78 is 5.21. The van der Waals surface area contributed by atoms with E-state index in [1.54, 1.807) is 7.11 Å². The fraction of sp³-hybridized carbons (Fsp3) is 0.600. The molecule has 1 aliphatic heterocycles. The van der Waals surface area contributed by atoms with Gasteiger partial charge in [0.05, 0.1) is 0 Å². The van der Waals surface area contributed by atoms with Crippen molar-refractivity contribution in [3.05, 3.63) is 29.8 Å². The summed E-state index contributed by atoms with van der Waals surface area (Å²) in [6, 6.07) is 9.73. The van der Waals surface area contributed by atoms with Crippen LogP contribution in [-0.2, 0) is 11.3 Å². The number of anilines is 1. The minimum atomic E-state index is 0.508. The van der Waals surface area contributed by atoms with Crippen molar-refractivity contribution in [2.75, 3.05) is 25.2 Å². The molecule has 2 unspecified atom stereocenters. The van der Waals surface area contributed by atoms with Crippen LogP contribution in [0.4, 0.5) is 5.69 Å². The smallest absolute Gasteiger partial charge is 0.0481 e. The van der Waals surface area contributed by atoms with Gasteiger partial charge in [-0.05, 0) is 31.9 Å². The van der Waals surface area contributed by atoms with Gasteiger partial charge >= 0.3 is 0 Å². The number of nitrogens with one attached hydrogen (secondary N) is 1. The first-order chi connectivity index (χ1) is 8.72. The molecule has 0 saturated carbocycles. The van der Waals surface area contributed by atoms with Gasteiger partial charge in [0.15, 0.2) is 0 Å². The summed E-state index contributed by atoms with van der Waals surface area (Å²) >= 11 is 0. The van der Waals surface area contributed by atoms with Gasteiger partial charge in [-0.1, -0.05) is 18.2 Å². The molecule has 3 heteroatoms. The lowest BCUT2D eigenvalue weighted by Gasteiger charge is -2.32. The number of hydrogen-bond donors (Lipinski definition) is 1. The Morgan fingerprint density at radius 3 is 3.00 bits per heavy atom. The Kier molecular flexibility index (Phi) is 4.61. The van der Waals surface area contributed by atoms with Crippen LogP contribution < -0.4 is 10.2 Å². The van der Waals surface area contributed by atoms with E-state index in [0.29, 0.717) is 12.1 Å². The fourth-order valence-electron chi connectivity index (χ4n) is 2.54. The van der Waals surface area contributed by atoms with Crippen molar-refractivity contribution >= 4 is 5.69 Å². The van der Waals surface area contributed by atoms with Crippen molar-refractivity contribution in [1.82, 2.24) is 5.32 Å². The minimum Gasteiger partial charge on any atom is -0.385 e. The Morgan fingerprint density at radius 1 is 1.44 bits per heavy atom. The van der Waals surface area contributed by atoms with Gasteiger partial charge in [-0.3, -0.25) is 0 Å². The standard InChI is InChI=1S/C15H24N2O/c1-12-11-17(13(2)8-9-18-3)15-7-5-4-6-14(15)10-16-12/h4-7,12-13,16H,8-11H2,1-3H3. The van der Waals surface area contributed by atoms with Gasteiger partial charge < -0.3 is 15.0 Å². The molecule has 0 aromatic heterocycles. The second kappa shape index (κ2) is 6.21. The van der Waals surface area contributed by atoms with Crippen molar-refractivity contribution in [3.8, 4) is 0 Å². The topological polar surface area (TPSA) is 24.5 Å². The molecule has 1 N–H and O–H groups in total. The zero-order chi connectivity index (χ0) is 13.0. The van der Waals surface area contributed by atoms with E-state index in [9.17, 15) is 0 Å². The molecule has 2 rings (SSSR count). The Hall–Kier alpha value is -1.06. The average molecular weight is 248 g/mol. The molecule has 0 amide bonds. The van der Waals surface area contributed by atoms with Crippen LogP contribution in [0.25, 0.3) is 0 Å². The molecular formula is C15H24N2O. The summed E-state index contributed by atoms with van der Waals surface area (Å²) in [5.41, 5.74) is 2.77. The molecule has 1 aliphatic rings. The lowest BCUT2D eigenvalue weighted by atomic mass is 10.1. The number of rotatable bonds is 4. The summed E-state index contributed by atoms with van der Waals surface area (Å²) in [7, 11) is 1.77. The van der Waals surface area contributed by atoms with Crippen molar-refractivity contribution < 1.29 is 4.74 Å². The zero-order valence-electron chi connectivity index (χ0n) is 11.6. The third kappa shape index (κ3) is 3.03. The van der Waals surface area contributed by atoms with E-state index in [0.717, 1.165) is 26.1 Å². The zero-order valence-corrected chi connectivity index (χ0v) is 11.6. The number of benzene rings is 1. The first kappa shape index (κ1) is 13.4. The summed E-state index contributed by atoms with van der Waals surface area (Å²) in [5.74, 6) is 0. The van der Waals surface area contributed by atoms with Crippen LogP contribution in [0.5, 0.6) is 0 Å². The number of fused-ring (bicyclic) bond motifs is 1. The molecule has 2 atom stereocenters. The van der Waals surface area contributed by atoms with Crippen molar-refractivity contribution in [1.29, 1.82) is 0 Å². The summed E-state index contributed by atoms with van der Waals surface area (Å²) in [5, 5.41) is 3.57. The first-order valence-electron chi connectivity index (χ1n) is 6.79. The summed E-state index contributed by atoms with van der Waals surface area (Å²) in [6.07, 6.45) is 1.07. The van der Waals surface area contributed by atoms with Gasteiger partial charge in [-0.15, -0.1) is 0 Å². The average Bonchev–Trinajstić information content (AvgIpc) is 2.56. The van der Waals surface area contributed by atoms with E-state index in [1.807, 2.05) is 0 Å². The molecule has 0 saturated heterocycles. The van der Waals surface area contributed by atoms with Crippen LogP contribution in [0.3, 0.4) is 0 Å². The Balaban J connectivity index is 2.20. The monoisotopic (exact) mass is 248 g/mol. The predicted octanol–water partition coefficient (Wildman–Crippen LogP) is 2.41. The van der Waals surface area contributed by atoms with E-state index in [1.165, 1.54) is 11.3 Å². The molecule has 0 aliphatic carbocycles. The second-order valence-electron chi connectivity index (χ2n) is 5.19. The highest BCUT2D eigenvalue weighted by atomic mass is 16.5. The molecule has 0 fully saturated rings. The SMILES string of the molecule is COCCC(C)N1CC(C)NCc2ccccc21.